The fourth-order valence-electron chi connectivity index (χ4n) is 3.55. The minimum atomic E-state index is 0.604. The van der Waals surface area contributed by atoms with Crippen molar-refractivity contribution >= 4 is 27.3 Å². The molecule has 1 unspecified atom stereocenters. The molecular weight excluding hydrogens is 332 g/mol. The maximum Gasteiger partial charge on any atom is 0.0704 e. The Morgan fingerprint density at radius 1 is 1.35 bits per heavy atom. The van der Waals surface area contributed by atoms with Gasteiger partial charge in [0.25, 0.3) is 0 Å². The van der Waals surface area contributed by atoms with Crippen LogP contribution in [0.3, 0.4) is 0 Å². The zero-order valence-electron chi connectivity index (χ0n) is 12.3. The number of nitrogens with zero attached hydrogens (tertiary/aromatic N) is 1. The molecule has 1 aliphatic heterocycles. The van der Waals surface area contributed by atoms with Gasteiger partial charge < -0.3 is 10.2 Å². The third-order valence-corrected chi connectivity index (χ3v) is 6.58. The van der Waals surface area contributed by atoms with Gasteiger partial charge >= 0.3 is 0 Å². The number of aryl methyl sites for hydroxylation is 1. The summed E-state index contributed by atoms with van der Waals surface area (Å²) in [5.41, 5.74) is 1.57. The van der Waals surface area contributed by atoms with E-state index in [1.807, 2.05) is 11.3 Å². The van der Waals surface area contributed by atoms with Gasteiger partial charge in [0.15, 0.2) is 0 Å². The molecular formula is C16H25BrN2S. The van der Waals surface area contributed by atoms with Crippen molar-refractivity contribution in [3.8, 4) is 0 Å². The summed E-state index contributed by atoms with van der Waals surface area (Å²) < 4.78 is 1.30. The van der Waals surface area contributed by atoms with Crippen LogP contribution in [0.4, 0.5) is 0 Å². The van der Waals surface area contributed by atoms with Gasteiger partial charge in [-0.2, -0.15) is 0 Å². The molecule has 20 heavy (non-hydrogen) atoms. The van der Waals surface area contributed by atoms with Crippen molar-refractivity contribution in [2.24, 2.45) is 5.92 Å². The number of fused-ring (bicyclic) bond motifs is 1. The summed E-state index contributed by atoms with van der Waals surface area (Å²) >= 11 is 5.57. The van der Waals surface area contributed by atoms with Crippen LogP contribution in [0, 0.1) is 5.92 Å². The van der Waals surface area contributed by atoms with E-state index in [4.69, 9.17) is 0 Å². The van der Waals surface area contributed by atoms with Crippen molar-refractivity contribution in [3.63, 3.8) is 0 Å². The first kappa shape index (κ1) is 15.0. The molecule has 112 valence electrons. The van der Waals surface area contributed by atoms with Crippen molar-refractivity contribution in [3.05, 3.63) is 20.3 Å². The van der Waals surface area contributed by atoms with Crippen LogP contribution in [0.5, 0.6) is 0 Å². The first-order chi connectivity index (χ1) is 9.72. The molecule has 0 aromatic carbocycles. The molecule has 4 heteroatoms. The van der Waals surface area contributed by atoms with Crippen molar-refractivity contribution in [1.82, 2.24) is 10.2 Å². The van der Waals surface area contributed by atoms with Crippen LogP contribution >= 0.6 is 27.3 Å². The van der Waals surface area contributed by atoms with Gasteiger partial charge in [0.05, 0.1) is 3.79 Å². The molecule has 0 saturated carbocycles. The SMILES string of the molecule is CN1CCC(CCNC2CCCc3sc(Br)cc32)CC1. The van der Waals surface area contributed by atoms with Crippen molar-refractivity contribution in [1.29, 1.82) is 0 Å². The Balaban J connectivity index is 1.47. The smallest absolute Gasteiger partial charge is 0.0704 e. The number of hydrogen-bond donors (Lipinski definition) is 1. The van der Waals surface area contributed by atoms with Crippen LogP contribution in [0.1, 0.15) is 48.6 Å². The number of hydrogen-bond acceptors (Lipinski definition) is 3. The molecule has 1 saturated heterocycles. The number of rotatable bonds is 4. The Kier molecular flexibility index (Phi) is 5.18. The number of nitrogens with one attached hydrogen (secondary N) is 1. The highest BCUT2D eigenvalue weighted by molar-refractivity contribution is 9.11. The highest BCUT2D eigenvalue weighted by atomic mass is 79.9. The molecule has 0 amide bonds. The van der Waals surface area contributed by atoms with Crippen LogP contribution in [-0.2, 0) is 6.42 Å². The summed E-state index contributed by atoms with van der Waals surface area (Å²) in [5, 5.41) is 3.82. The average Bonchev–Trinajstić information content (AvgIpc) is 2.82. The second kappa shape index (κ2) is 6.91. The Bertz CT molecular complexity index is 438. The summed E-state index contributed by atoms with van der Waals surface area (Å²) in [4.78, 5) is 4.06. The lowest BCUT2D eigenvalue weighted by molar-refractivity contribution is 0.210. The molecule has 0 bridgehead atoms. The van der Waals surface area contributed by atoms with Gasteiger partial charge in [0, 0.05) is 10.9 Å². The topological polar surface area (TPSA) is 15.3 Å². The van der Waals surface area contributed by atoms with Crippen LogP contribution in [0.25, 0.3) is 0 Å². The summed E-state index contributed by atoms with van der Waals surface area (Å²) in [6, 6.07) is 2.94. The molecule has 1 aromatic rings. The van der Waals surface area contributed by atoms with E-state index in [9.17, 15) is 0 Å². The number of thiophene rings is 1. The molecule has 3 rings (SSSR count). The van der Waals surface area contributed by atoms with Gasteiger partial charge in [-0.1, -0.05) is 0 Å². The van der Waals surface area contributed by atoms with E-state index in [0.29, 0.717) is 6.04 Å². The number of halogens is 1. The van der Waals surface area contributed by atoms with Crippen LogP contribution < -0.4 is 5.32 Å². The quantitative estimate of drug-likeness (QED) is 0.868. The minimum Gasteiger partial charge on any atom is -0.310 e. The van der Waals surface area contributed by atoms with Gasteiger partial charge in [-0.05, 0) is 98.7 Å². The lowest BCUT2D eigenvalue weighted by Gasteiger charge is -2.30. The van der Waals surface area contributed by atoms with E-state index in [-0.39, 0.29) is 0 Å². The van der Waals surface area contributed by atoms with Gasteiger partial charge in [-0.25, -0.2) is 0 Å². The highest BCUT2D eigenvalue weighted by Crippen LogP contribution is 2.38. The maximum atomic E-state index is 3.82. The first-order valence-electron chi connectivity index (χ1n) is 7.92. The van der Waals surface area contributed by atoms with Crippen molar-refractivity contribution in [2.45, 2.75) is 44.6 Å². The second-order valence-corrected chi connectivity index (χ2v) is 8.88. The van der Waals surface area contributed by atoms with Crippen molar-refractivity contribution in [2.75, 3.05) is 26.7 Å². The van der Waals surface area contributed by atoms with Crippen LogP contribution in [0.15, 0.2) is 9.85 Å². The van der Waals surface area contributed by atoms with Gasteiger partial charge in [0.1, 0.15) is 0 Å². The van der Waals surface area contributed by atoms with E-state index >= 15 is 0 Å². The summed E-state index contributed by atoms with van der Waals surface area (Å²) in [7, 11) is 2.24. The fraction of sp³-hybridized carbons (Fsp3) is 0.750. The third kappa shape index (κ3) is 3.65. The highest BCUT2D eigenvalue weighted by Gasteiger charge is 2.23. The van der Waals surface area contributed by atoms with E-state index in [1.54, 1.807) is 10.4 Å². The van der Waals surface area contributed by atoms with Gasteiger partial charge in [-0.3, -0.25) is 0 Å². The molecule has 1 aromatic heterocycles. The van der Waals surface area contributed by atoms with Crippen LogP contribution in [0.2, 0.25) is 0 Å². The molecule has 2 heterocycles. The number of piperidine rings is 1. The predicted octanol–water partition coefficient (Wildman–Crippen LogP) is 4.21. The predicted molar refractivity (Wildman–Crippen MR) is 90.5 cm³/mol. The summed E-state index contributed by atoms with van der Waals surface area (Å²) in [5.74, 6) is 0.941. The maximum absolute atomic E-state index is 3.82. The van der Waals surface area contributed by atoms with Gasteiger partial charge in [0.2, 0.25) is 0 Å². The van der Waals surface area contributed by atoms with E-state index in [0.717, 1.165) is 5.92 Å². The lowest BCUT2D eigenvalue weighted by Crippen LogP contribution is -2.32. The fourth-order valence-corrected chi connectivity index (χ4v) is 5.37. The Hall–Kier alpha value is 0.100. The van der Waals surface area contributed by atoms with Crippen molar-refractivity contribution < 1.29 is 0 Å². The monoisotopic (exact) mass is 356 g/mol. The molecule has 2 aliphatic rings. The van der Waals surface area contributed by atoms with Crippen LogP contribution in [-0.4, -0.2) is 31.6 Å². The largest absolute Gasteiger partial charge is 0.310 e. The Labute approximate surface area is 135 Å². The lowest BCUT2D eigenvalue weighted by atomic mass is 9.92. The van der Waals surface area contributed by atoms with E-state index < -0.39 is 0 Å². The minimum absolute atomic E-state index is 0.604. The Morgan fingerprint density at radius 2 is 2.15 bits per heavy atom. The third-order valence-electron chi connectivity index (χ3n) is 4.87. The molecule has 1 N–H and O–H groups in total. The molecule has 1 aliphatic carbocycles. The zero-order valence-corrected chi connectivity index (χ0v) is 14.7. The molecule has 0 spiro atoms. The van der Waals surface area contributed by atoms with Gasteiger partial charge in [-0.15, -0.1) is 11.3 Å². The zero-order chi connectivity index (χ0) is 13.9. The normalized spacial score (nSPS) is 24.8. The standard InChI is InChI=1S/C16H25BrN2S/c1-19-9-6-12(7-10-19)5-8-18-14-3-2-4-15-13(14)11-16(17)20-15/h11-12,14,18H,2-10H2,1H3. The molecule has 2 nitrogen and oxygen atoms in total. The molecule has 1 atom stereocenters. The summed E-state index contributed by atoms with van der Waals surface area (Å²) in [6.45, 7) is 3.76. The summed E-state index contributed by atoms with van der Waals surface area (Å²) in [6.07, 6.45) is 8.05. The number of likely N-dealkylation sites (tertiary alicyclic amines) is 1. The first-order valence-corrected chi connectivity index (χ1v) is 9.53. The molecule has 0 radical (unpaired) electrons. The Morgan fingerprint density at radius 3 is 2.95 bits per heavy atom. The molecule has 1 fully saturated rings. The van der Waals surface area contributed by atoms with E-state index in [2.05, 4.69) is 39.3 Å². The average molecular weight is 357 g/mol. The van der Waals surface area contributed by atoms with E-state index in [1.165, 1.54) is 61.9 Å². The second-order valence-electron chi connectivity index (χ2n) is 6.36.